The molecule has 100 valence electrons. The lowest BCUT2D eigenvalue weighted by molar-refractivity contribution is 0.0896. The Hall–Kier alpha value is -3.02. The summed E-state index contributed by atoms with van der Waals surface area (Å²) < 4.78 is 14.3. The van der Waals surface area contributed by atoms with Gasteiger partial charge in [-0.05, 0) is 24.3 Å². The van der Waals surface area contributed by atoms with Gasteiger partial charge in [-0.25, -0.2) is 9.59 Å². The summed E-state index contributed by atoms with van der Waals surface area (Å²) in [6, 6.07) is 13.6. The third-order valence-corrected chi connectivity index (χ3v) is 2.60. The van der Waals surface area contributed by atoms with Gasteiger partial charge in [0.2, 0.25) is 0 Å². The summed E-state index contributed by atoms with van der Waals surface area (Å²) in [5.74, 6) is 0.504. The van der Waals surface area contributed by atoms with Crippen LogP contribution in [0.25, 0.3) is 0 Å². The van der Waals surface area contributed by atoms with Crippen molar-refractivity contribution < 1.29 is 23.8 Å². The fraction of sp³-hybridized carbons (Fsp3) is 0. The van der Waals surface area contributed by atoms with E-state index in [1.54, 1.807) is 48.5 Å². The number of benzene rings is 2. The van der Waals surface area contributed by atoms with Crippen molar-refractivity contribution in [2.24, 2.45) is 0 Å². The van der Waals surface area contributed by atoms with Gasteiger partial charge in [-0.3, -0.25) is 0 Å². The zero-order chi connectivity index (χ0) is 13.9. The molecule has 0 saturated heterocycles. The normalized spacial score (nSPS) is 13.8. The lowest BCUT2D eigenvalue weighted by Crippen LogP contribution is -2.21. The number of hydrogen-bond donors (Lipinski definition) is 1. The molecule has 3 rings (SSSR count). The van der Waals surface area contributed by atoms with Crippen molar-refractivity contribution in [3.05, 3.63) is 48.5 Å². The summed E-state index contributed by atoms with van der Waals surface area (Å²) in [5.41, 5.74) is 1.10. The third-order valence-electron chi connectivity index (χ3n) is 2.60. The highest BCUT2D eigenvalue weighted by Crippen LogP contribution is 2.33. The number of anilines is 2. The van der Waals surface area contributed by atoms with E-state index in [2.05, 4.69) is 10.1 Å². The van der Waals surface area contributed by atoms with Crippen LogP contribution in [0.3, 0.4) is 0 Å². The van der Waals surface area contributed by atoms with E-state index < -0.39 is 12.3 Å². The molecule has 2 aromatic carbocycles. The van der Waals surface area contributed by atoms with Crippen molar-refractivity contribution in [2.75, 3.05) is 5.32 Å². The Morgan fingerprint density at radius 3 is 1.60 bits per heavy atom. The summed E-state index contributed by atoms with van der Waals surface area (Å²) in [6.45, 7) is 0. The molecule has 0 unspecified atom stereocenters. The molecule has 0 aliphatic carbocycles. The van der Waals surface area contributed by atoms with Gasteiger partial charge in [0.25, 0.3) is 0 Å². The van der Waals surface area contributed by atoms with Gasteiger partial charge in [-0.15, -0.1) is 0 Å². The minimum atomic E-state index is -1.15. The summed E-state index contributed by atoms with van der Waals surface area (Å²) in [5, 5.41) is 3.04. The van der Waals surface area contributed by atoms with Gasteiger partial charge in [0, 0.05) is 0 Å². The number of nitrogens with one attached hydrogen (secondary N) is 1. The van der Waals surface area contributed by atoms with Gasteiger partial charge < -0.3 is 19.5 Å². The lowest BCUT2D eigenvalue weighted by Gasteiger charge is -2.16. The van der Waals surface area contributed by atoms with E-state index in [9.17, 15) is 9.59 Å². The van der Waals surface area contributed by atoms with Crippen LogP contribution in [0, 0.1) is 0 Å². The predicted octanol–water partition coefficient (Wildman–Crippen LogP) is 3.46. The Morgan fingerprint density at radius 2 is 1.10 bits per heavy atom. The number of cyclic esters (lactones) is 2. The van der Waals surface area contributed by atoms with Crippen molar-refractivity contribution in [3.63, 3.8) is 0 Å². The maximum Gasteiger partial charge on any atom is 0.524 e. The summed E-state index contributed by atoms with van der Waals surface area (Å²) >= 11 is 0. The van der Waals surface area contributed by atoms with E-state index >= 15 is 0 Å². The van der Waals surface area contributed by atoms with Crippen molar-refractivity contribution in [2.45, 2.75) is 0 Å². The molecule has 1 heterocycles. The number of rotatable bonds is 0. The molecule has 1 aliphatic rings. The highest BCUT2D eigenvalue weighted by atomic mass is 16.8. The van der Waals surface area contributed by atoms with Crippen molar-refractivity contribution in [3.8, 4) is 11.5 Å². The fourth-order valence-electron chi connectivity index (χ4n) is 1.75. The summed E-state index contributed by atoms with van der Waals surface area (Å²) in [7, 11) is 0. The number of para-hydroxylation sites is 4. The fourth-order valence-corrected chi connectivity index (χ4v) is 1.75. The second-order valence-electron chi connectivity index (χ2n) is 3.92. The Bertz CT molecular complexity index is 625. The summed E-state index contributed by atoms with van der Waals surface area (Å²) in [4.78, 5) is 22.8. The average Bonchev–Trinajstić information content (AvgIpc) is 2.42. The molecule has 1 N–H and O–H groups in total. The first-order chi connectivity index (χ1) is 9.72. The quantitative estimate of drug-likeness (QED) is 0.449. The molecule has 0 radical (unpaired) electrons. The number of ether oxygens (including phenoxy) is 3. The van der Waals surface area contributed by atoms with Gasteiger partial charge in [0.1, 0.15) is 0 Å². The van der Waals surface area contributed by atoms with Crippen LogP contribution in [-0.4, -0.2) is 12.3 Å². The monoisotopic (exact) mass is 271 g/mol. The minimum Gasteiger partial charge on any atom is -0.392 e. The van der Waals surface area contributed by atoms with E-state index in [1.807, 2.05) is 0 Å². The molecule has 0 saturated carbocycles. The van der Waals surface area contributed by atoms with Gasteiger partial charge >= 0.3 is 12.3 Å². The molecule has 6 nitrogen and oxygen atoms in total. The molecule has 20 heavy (non-hydrogen) atoms. The van der Waals surface area contributed by atoms with Crippen molar-refractivity contribution >= 4 is 23.7 Å². The van der Waals surface area contributed by atoms with E-state index in [4.69, 9.17) is 9.47 Å². The third kappa shape index (κ3) is 2.39. The van der Waals surface area contributed by atoms with E-state index in [1.165, 1.54) is 0 Å². The SMILES string of the molecule is O=C1OC(=O)Oc2ccccc2Nc2ccccc2O1. The Balaban J connectivity index is 2.08. The van der Waals surface area contributed by atoms with Crippen LogP contribution in [0.4, 0.5) is 21.0 Å². The molecule has 0 spiro atoms. The standard InChI is InChI=1S/C14H9NO5/c16-13-18-11-7-3-1-5-9(11)15-10-6-2-4-8-12(10)19-14(17)20-13/h1-8,15H. The lowest BCUT2D eigenvalue weighted by atomic mass is 10.2. The van der Waals surface area contributed by atoms with Crippen LogP contribution < -0.4 is 14.8 Å². The highest BCUT2D eigenvalue weighted by Gasteiger charge is 2.20. The zero-order valence-corrected chi connectivity index (χ0v) is 10.2. The van der Waals surface area contributed by atoms with Gasteiger partial charge in [-0.1, -0.05) is 24.3 Å². The van der Waals surface area contributed by atoms with Gasteiger partial charge in [0.05, 0.1) is 11.4 Å². The molecule has 1 aliphatic heterocycles. The van der Waals surface area contributed by atoms with Gasteiger partial charge in [0.15, 0.2) is 11.5 Å². The van der Waals surface area contributed by atoms with E-state index in [-0.39, 0.29) is 11.5 Å². The maximum atomic E-state index is 11.4. The van der Waals surface area contributed by atoms with Crippen LogP contribution in [-0.2, 0) is 4.74 Å². The zero-order valence-electron chi connectivity index (χ0n) is 10.2. The first-order valence-corrected chi connectivity index (χ1v) is 5.79. The first-order valence-electron chi connectivity index (χ1n) is 5.79. The Labute approximate surface area is 113 Å². The van der Waals surface area contributed by atoms with E-state index in [0.29, 0.717) is 11.4 Å². The van der Waals surface area contributed by atoms with Crippen LogP contribution >= 0.6 is 0 Å². The van der Waals surface area contributed by atoms with Crippen LogP contribution in [0.5, 0.6) is 11.5 Å². The second-order valence-corrected chi connectivity index (χ2v) is 3.92. The molecule has 0 atom stereocenters. The number of fused-ring (bicyclic) bond motifs is 2. The second kappa shape index (κ2) is 4.93. The molecular formula is C14H9NO5. The maximum absolute atomic E-state index is 11.4. The Kier molecular flexibility index (Phi) is 2.96. The largest absolute Gasteiger partial charge is 0.524 e. The number of hydrogen-bond acceptors (Lipinski definition) is 6. The number of carbonyl (C=O) groups excluding carboxylic acids is 2. The predicted molar refractivity (Wildman–Crippen MR) is 69.3 cm³/mol. The molecule has 2 aromatic rings. The molecule has 0 fully saturated rings. The molecule has 6 heteroatoms. The van der Waals surface area contributed by atoms with E-state index in [0.717, 1.165) is 0 Å². The minimum absolute atomic E-state index is 0.252. The molecule has 0 bridgehead atoms. The number of carbonyl (C=O) groups is 2. The average molecular weight is 271 g/mol. The molecule has 0 amide bonds. The van der Waals surface area contributed by atoms with Crippen LogP contribution in [0.1, 0.15) is 0 Å². The Morgan fingerprint density at radius 1 is 0.650 bits per heavy atom. The van der Waals surface area contributed by atoms with Crippen LogP contribution in [0.2, 0.25) is 0 Å². The molecular weight excluding hydrogens is 262 g/mol. The van der Waals surface area contributed by atoms with Crippen molar-refractivity contribution in [1.29, 1.82) is 0 Å². The summed E-state index contributed by atoms with van der Waals surface area (Å²) in [6.07, 6.45) is -2.30. The van der Waals surface area contributed by atoms with Gasteiger partial charge in [-0.2, -0.15) is 0 Å². The molecule has 0 aromatic heterocycles. The highest BCUT2D eigenvalue weighted by molar-refractivity contribution is 5.83. The first kappa shape index (κ1) is 12.0. The smallest absolute Gasteiger partial charge is 0.392 e. The van der Waals surface area contributed by atoms with Crippen molar-refractivity contribution in [1.82, 2.24) is 0 Å². The van der Waals surface area contributed by atoms with Crippen LogP contribution in [0.15, 0.2) is 48.5 Å². The topological polar surface area (TPSA) is 73.9 Å².